The van der Waals surface area contributed by atoms with E-state index in [2.05, 4.69) is 4.74 Å². The number of ether oxygens (including phenoxy) is 3. The van der Waals surface area contributed by atoms with E-state index in [-0.39, 0.29) is 0 Å². The Hall–Kier alpha value is -2.46. The first kappa shape index (κ1) is 16.9. The second-order valence-corrected chi connectivity index (χ2v) is 5.12. The minimum atomic E-state index is -0.412. The average molecular weight is 333 g/mol. The quantitative estimate of drug-likeness (QED) is 0.590. The van der Waals surface area contributed by atoms with Crippen molar-refractivity contribution in [2.75, 3.05) is 14.2 Å². The monoisotopic (exact) mass is 332 g/mol. The van der Waals surface area contributed by atoms with Crippen LogP contribution in [0.1, 0.15) is 11.1 Å². The molecule has 4 nitrogen and oxygen atoms in total. The van der Waals surface area contributed by atoms with Crippen LogP contribution in [0, 0.1) is 0 Å². The molecule has 2 rings (SSSR count). The van der Waals surface area contributed by atoms with Crippen LogP contribution in [0.4, 0.5) is 0 Å². The van der Waals surface area contributed by atoms with E-state index in [1.165, 1.54) is 13.2 Å². The molecule has 2 aromatic rings. The second-order valence-electron chi connectivity index (χ2n) is 4.69. The molecule has 0 amide bonds. The first-order valence-corrected chi connectivity index (χ1v) is 7.31. The fourth-order valence-electron chi connectivity index (χ4n) is 1.93. The standard InChI is InChI=1S/C18H17ClO4/c1-21-17-11-13(7-9-18(20)22-2)6-8-16(17)23-12-14-4-3-5-15(19)10-14/h3-11H,12H2,1-2H3/b9-7+. The summed E-state index contributed by atoms with van der Waals surface area (Å²) in [4.78, 5) is 11.1. The molecule has 0 atom stereocenters. The summed E-state index contributed by atoms with van der Waals surface area (Å²) in [5, 5.41) is 0.668. The maximum absolute atomic E-state index is 11.1. The molecule has 5 heteroatoms. The van der Waals surface area contributed by atoms with Crippen LogP contribution in [0.2, 0.25) is 5.02 Å². The van der Waals surface area contributed by atoms with E-state index < -0.39 is 5.97 Å². The number of hydrogen-bond acceptors (Lipinski definition) is 4. The Kier molecular flexibility index (Phi) is 6.06. The molecule has 2 aromatic carbocycles. The fourth-order valence-corrected chi connectivity index (χ4v) is 2.14. The molecular formula is C18H17ClO4. The minimum absolute atomic E-state index is 0.383. The molecule has 0 N–H and O–H groups in total. The van der Waals surface area contributed by atoms with Crippen molar-refractivity contribution in [1.29, 1.82) is 0 Å². The van der Waals surface area contributed by atoms with Gasteiger partial charge in [-0.05, 0) is 41.5 Å². The second kappa shape index (κ2) is 8.25. The van der Waals surface area contributed by atoms with Crippen LogP contribution in [-0.2, 0) is 16.1 Å². The number of carbonyl (C=O) groups excluding carboxylic acids is 1. The van der Waals surface area contributed by atoms with Gasteiger partial charge in [-0.25, -0.2) is 4.79 Å². The van der Waals surface area contributed by atoms with Gasteiger partial charge in [0.15, 0.2) is 11.5 Å². The Bertz CT molecular complexity index is 710. The number of hydrogen-bond donors (Lipinski definition) is 0. The Balaban J connectivity index is 2.10. The van der Waals surface area contributed by atoms with Crippen LogP contribution < -0.4 is 9.47 Å². The van der Waals surface area contributed by atoms with Crippen molar-refractivity contribution in [2.24, 2.45) is 0 Å². The molecule has 0 aliphatic heterocycles. The smallest absolute Gasteiger partial charge is 0.330 e. The molecule has 0 aliphatic carbocycles. The highest BCUT2D eigenvalue weighted by atomic mass is 35.5. The predicted molar refractivity (Wildman–Crippen MR) is 89.8 cm³/mol. The average Bonchev–Trinajstić information content (AvgIpc) is 2.58. The lowest BCUT2D eigenvalue weighted by Gasteiger charge is -2.11. The van der Waals surface area contributed by atoms with Gasteiger partial charge >= 0.3 is 5.97 Å². The first-order chi connectivity index (χ1) is 11.1. The molecule has 0 spiro atoms. The predicted octanol–water partition coefficient (Wildman–Crippen LogP) is 4.11. The van der Waals surface area contributed by atoms with Crippen molar-refractivity contribution in [3.05, 3.63) is 64.7 Å². The summed E-state index contributed by atoms with van der Waals surface area (Å²) in [7, 11) is 2.90. The van der Waals surface area contributed by atoms with Crippen molar-refractivity contribution in [2.45, 2.75) is 6.61 Å². The Labute approximate surface area is 140 Å². The van der Waals surface area contributed by atoms with Gasteiger partial charge in [-0.3, -0.25) is 0 Å². The SMILES string of the molecule is COC(=O)/C=C/c1ccc(OCc2cccc(Cl)c2)c(OC)c1. The third-order valence-corrected chi connectivity index (χ3v) is 3.32. The Morgan fingerprint density at radius 2 is 1.96 bits per heavy atom. The van der Waals surface area contributed by atoms with Gasteiger partial charge in [0.1, 0.15) is 6.61 Å². The Morgan fingerprint density at radius 1 is 1.13 bits per heavy atom. The third kappa shape index (κ3) is 5.04. The maximum Gasteiger partial charge on any atom is 0.330 e. The third-order valence-electron chi connectivity index (χ3n) is 3.08. The molecule has 0 unspecified atom stereocenters. The zero-order valence-electron chi connectivity index (χ0n) is 12.9. The summed E-state index contributed by atoms with van der Waals surface area (Å²) in [6, 6.07) is 12.9. The van der Waals surface area contributed by atoms with Crippen LogP contribution in [0.5, 0.6) is 11.5 Å². The largest absolute Gasteiger partial charge is 0.493 e. The maximum atomic E-state index is 11.1. The highest BCUT2D eigenvalue weighted by Gasteiger charge is 2.06. The van der Waals surface area contributed by atoms with Gasteiger partial charge in [0.05, 0.1) is 14.2 Å². The number of rotatable bonds is 6. The number of carbonyl (C=O) groups is 1. The van der Waals surface area contributed by atoms with E-state index in [0.29, 0.717) is 23.1 Å². The molecule has 0 bridgehead atoms. The summed E-state index contributed by atoms with van der Waals surface area (Å²) in [6.45, 7) is 0.383. The van der Waals surface area contributed by atoms with Crippen LogP contribution in [-0.4, -0.2) is 20.2 Å². The fraction of sp³-hybridized carbons (Fsp3) is 0.167. The van der Waals surface area contributed by atoms with Gasteiger partial charge in [-0.1, -0.05) is 29.8 Å². The zero-order chi connectivity index (χ0) is 16.7. The molecule has 120 valence electrons. The zero-order valence-corrected chi connectivity index (χ0v) is 13.7. The van der Waals surface area contributed by atoms with Gasteiger partial charge in [0, 0.05) is 11.1 Å². The van der Waals surface area contributed by atoms with Crippen molar-refractivity contribution < 1.29 is 19.0 Å². The van der Waals surface area contributed by atoms with Crippen LogP contribution in [0.25, 0.3) is 6.08 Å². The highest BCUT2D eigenvalue weighted by Crippen LogP contribution is 2.29. The van der Waals surface area contributed by atoms with E-state index in [4.69, 9.17) is 21.1 Å². The van der Waals surface area contributed by atoms with E-state index in [9.17, 15) is 4.79 Å². The van der Waals surface area contributed by atoms with Gasteiger partial charge in [0.2, 0.25) is 0 Å². The number of methoxy groups -OCH3 is 2. The van der Waals surface area contributed by atoms with Crippen molar-refractivity contribution in [3.63, 3.8) is 0 Å². The first-order valence-electron chi connectivity index (χ1n) is 6.93. The van der Waals surface area contributed by atoms with E-state index in [1.807, 2.05) is 30.3 Å². The topological polar surface area (TPSA) is 44.8 Å². The normalized spacial score (nSPS) is 10.6. The lowest BCUT2D eigenvalue weighted by molar-refractivity contribution is -0.134. The molecule has 0 saturated carbocycles. The molecule has 0 aromatic heterocycles. The van der Waals surface area contributed by atoms with Crippen molar-refractivity contribution in [1.82, 2.24) is 0 Å². The lowest BCUT2D eigenvalue weighted by atomic mass is 10.2. The van der Waals surface area contributed by atoms with Gasteiger partial charge < -0.3 is 14.2 Å². The van der Waals surface area contributed by atoms with Crippen LogP contribution >= 0.6 is 11.6 Å². The van der Waals surface area contributed by atoms with Gasteiger partial charge in [-0.15, -0.1) is 0 Å². The number of benzene rings is 2. The summed E-state index contributed by atoms with van der Waals surface area (Å²) in [5.41, 5.74) is 1.77. The summed E-state index contributed by atoms with van der Waals surface area (Å²) in [6.07, 6.45) is 3.00. The van der Waals surface area contributed by atoms with E-state index >= 15 is 0 Å². The summed E-state index contributed by atoms with van der Waals surface area (Å²) in [5.74, 6) is 0.784. The molecule has 0 heterocycles. The molecule has 0 radical (unpaired) electrons. The minimum Gasteiger partial charge on any atom is -0.493 e. The van der Waals surface area contributed by atoms with E-state index in [0.717, 1.165) is 11.1 Å². The molecule has 0 aliphatic rings. The van der Waals surface area contributed by atoms with Crippen LogP contribution in [0.15, 0.2) is 48.5 Å². The van der Waals surface area contributed by atoms with Crippen molar-refractivity contribution >= 4 is 23.6 Å². The summed E-state index contributed by atoms with van der Waals surface area (Å²) < 4.78 is 15.7. The van der Waals surface area contributed by atoms with Gasteiger partial charge in [-0.2, -0.15) is 0 Å². The summed E-state index contributed by atoms with van der Waals surface area (Å²) >= 11 is 5.95. The lowest BCUT2D eigenvalue weighted by Crippen LogP contribution is -1.98. The van der Waals surface area contributed by atoms with Crippen LogP contribution in [0.3, 0.4) is 0 Å². The molecular weight excluding hydrogens is 316 g/mol. The molecule has 23 heavy (non-hydrogen) atoms. The number of esters is 1. The van der Waals surface area contributed by atoms with E-state index in [1.54, 1.807) is 25.3 Å². The molecule has 0 saturated heterocycles. The number of halogens is 1. The van der Waals surface area contributed by atoms with Gasteiger partial charge in [0.25, 0.3) is 0 Å². The molecule has 0 fully saturated rings. The van der Waals surface area contributed by atoms with Crippen molar-refractivity contribution in [3.8, 4) is 11.5 Å². The Morgan fingerprint density at radius 3 is 2.65 bits per heavy atom. The highest BCUT2D eigenvalue weighted by molar-refractivity contribution is 6.30.